The van der Waals surface area contributed by atoms with Crippen LogP contribution >= 0.6 is 0 Å². The van der Waals surface area contributed by atoms with Crippen molar-refractivity contribution in [2.45, 2.75) is 26.2 Å². The van der Waals surface area contributed by atoms with Gasteiger partial charge in [0.15, 0.2) is 0 Å². The van der Waals surface area contributed by atoms with Gasteiger partial charge in [0.1, 0.15) is 11.3 Å². The summed E-state index contributed by atoms with van der Waals surface area (Å²) in [6.07, 6.45) is 1.40. The molecule has 20 heavy (non-hydrogen) atoms. The Labute approximate surface area is 117 Å². The van der Waals surface area contributed by atoms with E-state index in [0.29, 0.717) is 5.69 Å². The van der Waals surface area contributed by atoms with Gasteiger partial charge in [0.2, 0.25) is 0 Å². The Morgan fingerprint density at radius 1 is 1.25 bits per heavy atom. The largest absolute Gasteiger partial charge is 0.497 e. The van der Waals surface area contributed by atoms with Crippen LogP contribution in [0.4, 0.5) is 0 Å². The second kappa shape index (κ2) is 5.00. The van der Waals surface area contributed by atoms with Crippen molar-refractivity contribution in [1.82, 2.24) is 9.78 Å². The van der Waals surface area contributed by atoms with Crippen LogP contribution in [0.15, 0.2) is 30.5 Å². The summed E-state index contributed by atoms with van der Waals surface area (Å²) in [4.78, 5) is 11.3. The number of rotatable bonds is 3. The van der Waals surface area contributed by atoms with Crippen LogP contribution in [-0.4, -0.2) is 28.0 Å². The summed E-state index contributed by atoms with van der Waals surface area (Å²) in [5, 5.41) is 13.5. The van der Waals surface area contributed by atoms with Gasteiger partial charge in [-0.05, 0) is 24.3 Å². The Balaban J connectivity index is 2.59. The molecule has 2 aromatic rings. The van der Waals surface area contributed by atoms with Crippen LogP contribution in [0.25, 0.3) is 5.69 Å². The summed E-state index contributed by atoms with van der Waals surface area (Å²) < 4.78 is 6.79. The monoisotopic (exact) mass is 274 g/mol. The summed E-state index contributed by atoms with van der Waals surface area (Å²) in [6, 6.07) is 7.35. The first-order valence-electron chi connectivity index (χ1n) is 6.31. The van der Waals surface area contributed by atoms with E-state index < -0.39 is 5.97 Å². The summed E-state index contributed by atoms with van der Waals surface area (Å²) in [5.41, 5.74) is 1.39. The lowest BCUT2D eigenvalue weighted by atomic mass is 9.89. The fourth-order valence-corrected chi connectivity index (χ4v) is 2.15. The highest BCUT2D eigenvalue weighted by atomic mass is 16.5. The highest BCUT2D eigenvalue weighted by Gasteiger charge is 2.27. The van der Waals surface area contributed by atoms with Gasteiger partial charge in [0.25, 0.3) is 0 Å². The van der Waals surface area contributed by atoms with E-state index in [2.05, 4.69) is 5.10 Å². The predicted molar refractivity (Wildman–Crippen MR) is 75.8 cm³/mol. The minimum atomic E-state index is -0.963. The number of carboxylic acid groups (broad SMARTS) is 1. The number of aromatic carboxylic acids is 1. The molecule has 0 bridgehead atoms. The maximum Gasteiger partial charge on any atom is 0.339 e. The summed E-state index contributed by atoms with van der Waals surface area (Å²) in [6.45, 7) is 5.91. The normalized spacial score (nSPS) is 11.4. The molecular formula is C15H18N2O3. The summed E-state index contributed by atoms with van der Waals surface area (Å²) in [5.74, 6) is -0.216. The molecule has 5 heteroatoms. The third kappa shape index (κ3) is 2.52. The van der Waals surface area contributed by atoms with E-state index in [4.69, 9.17) is 4.74 Å². The van der Waals surface area contributed by atoms with Crippen LogP contribution in [0.3, 0.4) is 0 Å². The topological polar surface area (TPSA) is 64.4 Å². The molecule has 2 rings (SSSR count). The molecule has 0 saturated carbocycles. The van der Waals surface area contributed by atoms with E-state index >= 15 is 0 Å². The fourth-order valence-electron chi connectivity index (χ4n) is 2.15. The third-order valence-corrected chi connectivity index (χ3v) is 3.03. The van der Waals surface area contributed by atoms with Crippen molar-refractivity contribution in [2.75, 3.05) is 7.11 Å². The number of carboxylic acids is 1. The molecule has 0 aliphatic carbocycles. The maximum atomic E-state index is 11.3. The minimum Gasteiger partial charge on any atom is -0.497 e. The van der Waals surface area contributed by atoms with Crippen molar-refractivity contribution in [2.24, 2.45) is 0 Å². The van der Waals surface area contributed by atoms with Crippen molar-refractivity contribution in [3.05, 3.63) is 41.7 Å². The number of hydrogen-bond donors (Lipinski definition) is 1. The number of nitrogens with zero attached hydrogens (tertiary/aromatic N) is 2. The van der Waals surface area contributed by atoms with E-state index in [1.807, 2.05) is 45.0 Å². The molecule has 0 aliphatic heterocycles. The van der Waals surface area contributed by atoms with E-state index in [9.17, 15) is 9.90 Å². The van der Waals surface area contributed by atoms with Gasteiger partial charge < -0.3 is 9.84 Å². The first-order valence-corrected chi connectivity index (χ1v) is 6.31. The van der Waals surface area contributed by atoms with Gasteiger partial charge in [0.05, 0.1) is 24.7 Å². The molecule has 1 aromatic carbocycles. The van der Waals surface area contributed by atoms with Gasteiger partial charge in [-0.15, -0.1) is 0 Å². The maximum absolute atomic E-state index is 11.3. The Kier molecular flexibility index (Phi) is 3.53. The lowest BCUT2D eigenvalue weighted by molar-refractivity contribution is 0.0694. The SMILES string of the molecule is COc1ccc(-n2ncc(C(=O)O)c2C(C)(C)C)cc1. The average molecular weight is 274 g/mol. The lowest BCUT2D eigenvalue weighted by Crippen LogP contribution is -2.21. The molecule has 0 atom stereocenters. The highest BCUT2D eigenvalue weighted by Crippen LogP contribution is 2.28. The van der Waals surface area contributed by atoms with Crippen LogP contribution in [0.1, 0.15) is 36.8 Å². The zero-order chi connectivity index (χ0) is 14.9. The molecule has 0 spiro atoms. The number of benzene rings is 1. The Bertz CT molecular complexity index is 622. The van der Waals surface area contributed by atoms with Crippen molar-refractivity contribution in [3.8, 4) is 11.4 Å². The molecule has 0 aliphatic rings. The zero-order valence-electron chi connectivity index (χ0n) is 12.0. The lowest BCUT2D eigenvalue weighted by Gasteiger charge is -2.21. The first-order chi connectivity index (χ1) is 9.34. The standard InChI is InChI=1S/C15H18N2O3/c1-15(2,3)13-12(14(18)19)9-16-17(13)10-5-7-11(20-4)8-6-10/h5-9H,1-4H3,(H,18,19). The van der Waals surface area contributed by atoms with Crippen LogP contribution < -0.4 is 4.74 Å². The van der Waals surface area contributed by atoms with Gasteiger partial charge in [-0.2, -0.15) is 5.10 Å². The first kappa shape index (κ1) is 14.1. The second-order valence-corrected chi connectivity index (χ2v) is 5.57. The second-order valence-electron chi connectivity index (χ2n) is 5.57. The van der Waals surface area contributed by atoms with Crippen molar-refractivity contribution in [1.29, 1.82) is 0 Å². The third-order valence-electron chi connectivity index (χ3n) is 3.03. The number of hydrogen-bond acceptors (Lipinski definition) is 3. The van der Waals surface area contributed by atoms with Gasteiger partial charge in [0, 0.05) is 5.41 Å². The van der Waals surface area contributed by atoms with Gasteiger partial charge >= 0.3 is 5.97 Å². The van der Waals surface area contributed by atoms with Crippen LogP contribution in [-0.2, 0) is 5.41 Å². The fraction of sp³-hybridized carbons (Fsp3) is 0.333. The Morgan fingerprint density at radius 3 is 2.30 bits per heavy atom. The molecule has 0 saturated heterocycles. The molecule has 0 fully saturated rings. The van der Waals surface area contributed by atoms with Crippen molar-refractivity contribution in [3.63, 3.8) is 0 Å². The number of ether oxygens (including phenoxy) is 1. The van der Waals surface area contributed by atoms with Crippen molar-refractivity contribution < 1.29 is 14.6 Å². The Morgan fingerprint density at radius 2 is 1.85 bits per heavy atom. The zero-order valence-corrected chi connectivity index (χ0v) is 12.0. The molecule has 0 radical (unpaired) electrons. The van der Waals surface area contributed by atoms with Gasteiger partial charge in [-0.1, -0.05) is 20.8 Å². The molecule has 5 nitrogen and oxygen atoms in total. The number of methoxy groups -OCH3 is 1. The van der Waals surface area contributed by atoms with E-state index in [-0.39, 0.29) is 11.0 Å². The summed E-state index contributed by atoms with van der Waals surface area (Å²) >= 11 is 0. The van der Waals surface area contributed by atoms with E-state index in [0.717, 1.165) is 11.4 Å². The minimum absolute atomic E-state index is 0.230. The highest BCUT2D eigenvalue weighted by molar-refractivity contribution is 5.89. The molecular weight excluding hydrogens is 256 g/mol. The van der Waals surface area contributed by atoms with E-state index in [1.54, 1.807) is 11.8 Å². The molecule has 1 heterocycles. The molecule has 0 amide bonds. The Hall–Kier alpha value is -2.30. The summed E-state index contributed by atoms with van der Waals surface area (Å²) in [7, 11) is 1.60. The quantitative estimate of drug-likeness (QED) is 0.934. The molecule has 0 unspecified atom stereocenters. The van der Waals surface area contributed by atoms with E-state index in [1.165, 1.54) is 6.20 Å². The smallest absolute Gasteiger partial charge is 0.339 e. The van der Waals surface area contributed by atoms with Crippen LogP contribution in [0.2, 0.25) is 0 Å². The molecule has 1 aromatic heterocycles. The number of aromatic nitrogens is 2. The van der Waals surface area contributed by atoms with Gasteiger partial charge in [-0.3, -0.25) is 0 Å². The average Bonchev–Trinajstić information content (AvgIpc) is 2.83. The predicted octanol–water partition coefficient (Wildman–Crippen LogP) is 2.88. The van der Waals surface area contributed by atoms with Gasteiger partial charge in [-0.25, -0.2) is 9.48 Å². The molecule has 106 valence electrons. The van der Waals surface area contributed by atoms with Crippen LogP contribution in [0.5, 0.6) is 5.75 Å². The number of carbonyl (C=O) groups is 1. The van der Waals surface area contributed by atoms with Crippen molar-refractivity contribution >= 4 is 5.97 Å². The van der Waals surface area contributed by atoms with Crippen LogP contribution in [0, 0.1) is 0 Å². The molecule has 1 N–H and O–H groups in total.